The van der Waals surface area contributed by atoms with Crippen molar-refractivity contribution in [2.75, 3.05) is 11.9 Å². The summed E-state index contributed by atoms with van der Waals surface area (Å²) in [7, 11) is 0. The van der Waals surface area contributed by atoms with E-state index in [1.165, 1.54) is 5.56 Å². The van der Waals surface area contributed by atoms with Crippen LogP contribution in [0.3, 0.4) is 0 Å². The summed E-state index contributed by atoms with van der Waals surface area (Å²) < 4.78 is 0. The van der Waals surface area contributed by atoms with Crippen molar-refractivity contribution < 1.29 is 9.59 Å². The van der Waals surface area contributed by atoms with E-state index in [1.54, 1.807) is 18.2 Å². The summed E-state index contributed by atoms with van der Waals surface area (Å²) in [5, 5.41) is 6.18. The molecule has 2 amide bonds. The third-order valence-corrected chi connectivity index (χ3v) is 5.34. The molecule has 0 aliphatic carbocycles. The minimum atomic E-state index is -0.335. The Balaban J connectivity index is 2.05. The molecule has 0 aliphatic rings. The Bertz CT molecular complexity index is 860. The minimum Gasteiger partial charge on any atom is -0.352 e. The summed E-state index contributed by atoms with van der Waals surface area (Å²) >= 11 is 6.26. The molecule has 162 valence electrons. The van der Waals surface area contributed by atoms with E-state index in [1.807, 2.05) is 19.1 Å². The highest BCUT2D eigenvalue weighted by molar-refractivity contribution is 6.34. The van der Waals surface area contributed by atoms with Crippen LogP contribution in [0.4, 0.5) is 5.69 Å². The van der Waals surface area contributed by atoms with Gasteiger partial charge in [0.05, 0.1) is 16.6 Å². The zero-order valence-corrected chi connectivity index (χ0v) is 19.3. The molecule has 2 N–H and O–H groups in total. The van der Waals surface area contributed by atoms with Crippen LogP contribution in [0.15, 0.2) is 42.5 Å². The zero-order chi connectivity index (χ0) is 22.3. The van der Waals surface area contributed by atoms with Crippen LogP contribution in [0.5, 0.6) is 0 Å². The van der Waals surface area contributed by atoms with Crippen molar-refractivity contribution in [2.24, 2.45) is 11.8 Å². The van der Waals surface area contributed by atoms with Crippen molar-refractivity contribution >= 4 is 29.1 Å². The van der Waals surface area contributed by atoms with E-state index in [-0.39, 0.29) is 17.7 Å². The van der Waals surface area contributed by atoms with Gasteiger partial charge in [-0.15, -0.1) is 0 Å². The molecule has 5 heteroatoms. The van der Waals surface area contributed by atoms with E-state index in [0.29, 0.717) is 34.7 Å². The van der Waals surface area contributed by atoms with Crippen LogP contribution < -0.4 is 10.6 Å². The molecule has 2 aromatic carbocycles. The maximum Gasteiger partial charge on any atom is 0.251 e. The standard InChI is InChI=1S/C25H33ClN2O2/c1-16(2)12-13-27-25(30)21-10-11-22(26)23(15-21)28-24(29)18(5)20-8-6-19(7-9-20)14-17(3)4/h6-11,15-18H,12-14H2,1-5H3,(H,27,30)(H,28,29)/t18-/m1/s1. The topological polar surface area (TPSA) is 58.2 Å². The number of halogens is 1. The third kappa shape index (κ3) is 7.17. The average molecular weight is 429 g/mol. The van der Waals surface area contributed by atoms with Gasteiger partial charge in [0.1, 0.15) is 0 Å². The smallest absolute Gasteiger partial charge is 0.251 e. The van der Waals surface area contributed by atoms with Gasteiger partial charge < -0.3 is 10.6 Å². The van der Waals surface area contributed by atoms with Crippen molar-refractivity contribution in [2.45, 2.75) is 53.4 Å². The van der Waals surface area contributed by atoms with Gasteiger partial charge in [0.15, 0.2) is 0 Å². The lowest BCUT2D eigenvalue weighted by molar-refractivity contribution is -0.117. The van der Waals surface area contributed by atoms with E-state index in [2.05, 4.69) is 50.5 Å². The van der Waals surface area contributed by atoms with Crippen molar-refractivity contribution in [3.8, 4) is 0 Å². The number of amides is 2. The first-order valence-corrected chi connectivity index (χ1v) is 11.0. The summed E-state index contributed by atoms with van der Waals surface area (Å²) in [5.41, 5.74) is 3.13. The average Bonchev–Trinajstić information content (AvgIpc) is 2.68. The van der Waals surface area contributed by atoms with Gasteiger partial charge in [-0.05, 0) is 60.9 Å². The number of carbonyl (C=O) groups is 2. The van der Waals surface area contributed by atoms with Crippen LogP contribution in [0.25, 0.3) is 0 Å². The maximum atomic E-state index is 12.8. The fourth-order valence-electron chi connectivity index (χ4n) is 3.14. The van der Waals surface area contributed by atoms with Crippen molar-refractivity contribution in [3.63, 3.8) is 0 Å². The molecule has 0 heterocycles. The van der Waals surface area contributed by atoms with Gasteiger partial charge in [-0.3, -0.25) is 9.59 Å². The Hall–Kier alpha value is -2.33. The molecule has 0 saturated carbocycles. The SMILES string of the molecule is CC(C)CCNC(=O)c1ccc(Cl)c(NC(=O)[C@H](C)c2ccc(CC(C)C)cc2)c1. The number of hydrogen-bond acceptors (Lipinski definition) is 2. The normalized spacial score (nSPS) is 12.1. The first kappa shape index (κ1) is 23.9. The highest BCUT2D eigenvalue weighted by Gasteiger charge is 2.18. The van der Waals surface area contributed by atoms with Crippen LogP contribution in [-0.2, 0) is 11.2 Å². The Kier molecular flexibility index (Phi) is 8.91. The van der Waals surface area contributed by atoms with Gasteiger partial charge in [-0.1, -0.05) is 63.6 Å². The highest BCUT2D eigenvalue weighted by Crippen LogP contribution is 2.26. The molecule has 30 heavy (non-hydrogen) atoms. The summed E-state index contributed by atoms with van der Waals surface area (Å²) in [4.78, 5) is 25.2. The molecule has 2 rings (SSSR count). The fourth-order valence-corrected chi connectivity index (χ4v) is 3.31. The molecule has 4 nitrogen and oxygen atoms in total. The fraction of sp³-hybridized carbons (Fsp3) is 0.440. The van der Waals surface area contributed by atoms with Crippen LogP contribution in [0.1, 0.15) is 68.4 Å². The number of anilines is 1. The van der Waals surface area contributed by atoms with Crippen molar-refractivity contribution in [1.82, 2.24) is 5.32 Å². The molecule has 1 atom stereocenters. The maximum absolute atomic E-state index is 12.8. The summed E-state index contributed by atoms with van der Waals surface area (Å²) in [6, 6.07) is 13.1. The van der Waals surface area contributed by atoms with Crippen LogP contribution >= 0.6 is 11.6 Å². The molecule has 0 radical (unpaired) electrons. The molecule has 0 spiro atoms. The van der Waals surface area contributed by atoms with Gasteiger partial charge >= 0.3 is 0 Å². The lowest BCUT2D eigenvalue weighted by atomic mass is 9.96. The highest BCUT2D eigenvalue weighted by atomic mass is 35.5. The molecule has 2 aromatic rings. The number of hydrogen-bond donors (Lipinski definition) is 2. The van der Waals surface area contributed by atoms with Crippen LogP contribution in [0.2, 0.25) is 5.02 Å². The third-order valence-electron chi connectivity index (χ3n) is 5.01. The van der Waals surface area contributed by atoms with E-state index in [0.717, 1.165) is 18.4 Å². The predicted molar refractivity (Wildman–Crippen MR) is 125 cm³/mol. The quantitative estimate of drug-likeness (QED) is 0.510. The summed E-state index contributed by atoms with van der Waals surface area (Å²) in [6.45, 7) is 11.1. The Morgan fingerprint density at radius 1 is 0.933 bits per heavy atom. The monoisotopic (exact) mass is 428 g/mol. The number of nitrogens with one attached hydrogen (secondary N) is 2. The Labute approximate surface area is 185 Å². The van der Waals surface area contributed by atoms with Gasteiger partial charge in [-0.25, -0.2) is 0 Å². The summed E-state index contributed by atoms with van der Waals surface area (Å²) in [5.74, 6) is 0.444. The predicted octanol–water partition coefficient (Wildman–Crippen LogP) is 6.06. The Morgan fingerprint density at radius 2 is 1.60 bits per heavy atom. The molecular formula is C25H33ClN2O2. The second-order valence-corrected chi connectivity index (χ2v) is 9.09. The van der Waals surface area contributed by atoms with Gasteiger partial charge in [0, 0.05) is 12.1 Å². The second-order valence-electron chi connectivity index (χ2n) is 8.68. The van der Waals surface area contributed by atoms with Gasteiger partial charge in [0.25, 0.3) is 5.91 Å². The van der Waals surface area contributed by atoms with E-state index < -0.39 is 0 Å². The van der Waals surface area contributed by atoms with E-state index in [9.17, 15) is 9.59 Å². The first-order chi connectivity index (χ1) is 14.2. The van der Waals surface area contributed by atoms with Crippen LogP contribution in [0, 0.1) is 11.8 Å². The molecule has 0 saturated heterocycles. The zero-order valence-electron chi connectivity index (χ0n) is 18.6. The second kappa shape index (κ2) is 11.2. The van der Waals surface area contributed by atoms with Crippen LogP contribution in [-0.4, -0.2) is 18.4 Å². The molecule has 0 fully saturated rings. The lowest BCUT2D eigenvalue weighted by Crippen LogP contribution is -2.25. The molecule has 0 aromatic heterocycles. The minimum absolute atomic E-state index is 0.161. The summed E-state index contributed by atoms with van der Waals surface area (Å²) in [6.07, 6.45) is 1.93. The van der Waals surface area contributed by atoms with E-state index >= 15 is 0 Å². The largest absolute Gasteiger partial charge is 0.352 e. The number of rotatable bonds is 9. The van der Waals surface area contributed by atoms with Crippen molar-refractivity contribution in [1.29, 1.82) is 0 Å². The van der Waals surface area contributed by atoms with Gasteiger partial charge in [0.2, 0.25) is 5.91 Å². The number of benzene rings is 2. The molecule has 0 aliphatic heterocycles. The Morgan fingerprint density at radius 3 is 2.20 bits per heavy atom. The number of carbonyl (C=O) groups excluding carboxylic acids is 2. The molecule has 0 bridgehead atoms. The van der Waals surface area contributed by atoms with Gasteiger partial charge in [-0.2, -0.15) is 0 Å². The first-order valence-electron chi connectivity index (χ1n) is 10.6. The van der Waals surface area contributed by atoms with Crippen molar-refractivity contribution in [3.05, 3.63) is 64.2 Å². The lowest BCUT2D eigenvalue weighted by Gasteiger charge is -2.15. The molecular weight excluding hydrogens is 396 g/mol. The van der Waals surface area contributed by atoms with E-state index in [4.69, 9.17) is 11.6 Å². The molecule has 0 unspecified atom stereocenters.